The number of aliphatic hydroxyl groups excluding tert-OH is 1. The van der Waals surface area contributed by atoms with Gasteiger partial charge in [-0.2, -0.15) is 0 Å². The highest BCUT2D eigenvalue weighted by Gasteiger charge is 2.30. The third-order valence-corrected chi connectivity index (χ3v) is 4.59. The fourth-order valence-corrected chi connectivity index (χ4v) is 3.31. The monoisotopic (exact) mass is 319 g/mol. The van der Waals surface area contributed by atoms with Gasteiger partial charge in [0.25, 0.3) is 0 Å². The lowest BCUT2D eigenvalue weighted by Crippen LogP contribution is -2.48. The van der Waals surface area contributed by atoms with Crippen molar-refractivity contribution in [2.24, 2.45) is 7.05 Å². The van der Waals surface area contributed by atoms with Crippen LogP contribution in [0.3, 0.4) is 0 Å². The molecule has 1 aliphatic heterocycles. The molecule has 2 aromatic rings. The fourth-order valence-electron chi connectivity index (χ4n) is 3.19. The molecule has 1 N–H and O–H groups in total. The van der Waals surface area contributed by atoms with Gasteiger partial charge in [-0.05, 0) is 43.5 Å². The van der Waals surface area contributed by atoms with Crippen LogP contribution in [-0.2, 0) is 20.0 Å². The summed E-state index contributed by atoms with van der Waals surface area (Å²) in [4.78, 5) is 6.76. The van der Waals surface area contributed by atoms with Crippen LogP contribution in [0.2, 0.25) is 5.02 Å². The molecule has 0 unspecified atom stereocenters. The summed E-state index contributed by atoms with van der Waals surface area (Å²) in [5.74, 6) is 0. The number of halogens is 1. The summed E-state index contributed by atoms with van der Waals surface area (Å²) in [6.07, 6.45) is 6.32. The number of hydrogen-bond acceptors (Lipinski definition) is 3. The third-order valence-electron chi connectivity index (χ3n) is 4.34. The summed E-state index contributed by atoms with van der Waals surface area (Å²) in [7, 11) is 1.98. The van der Waals surface area contributed by atoms with Gasteiger partial charge in [0, 0.05) is 30.9 Å². The Kier molecular flexibility index (Phi) is 4.81. The van der Waals surface area contributed by atoms with Crippen LogP contribution in [0.15, 0.2) is 36.8 Å². The second kappa shape index (κ2) is 6.82. The van der Waals surface area contributed by atoms with Crippen LogP contribution in [0, 0.1) is 0 Å². The number of rotatable bonds is 4. The molecule has 0 spiro atoms. The number of imidazole rings is 1. The molecule has 1 fully saturated rings. The van der Waals surface area contributed by atoms with Crippen molar-refractivity contribution in [3.8, 4) is 0 Å². The zero-order valence-corrected chi connectivity index (χ0v) is 13.6. The van der Waals surface area contributed by atoms with Crippen molar-refractivity contribution in [1.29, 1.82) is 0 Å². The van der Waals surface area contributed by atoms with Crippen LogP contribution in [0.4, 0.5) is 0 Å². The van der Waals surface area contributed by atoms with Crippen LogP contribution >= 0.6 is 11.6 Å². The van der Waals surface area contributed by atoms with E-state index in [0.29, 0.717) is 0 Å². The molecular formula is C17H22ClN3O. The number of piperidine rings is 1. The Morgan fingerprint density at radius 1 is 1.32 bits per heavy atom. The maximum Gasteiger partial charge on any atom is 0.0947 e. The predicted octanol–water partition coefficient (Wildman–Crippen LogP) is 2.64. The van der Waals surface area contributed by atoms with Gasteiger partial charge in [0.1, 0.15) is 0 Å². The summed E-state index contributed by atoms with van der Waals surface area (Å²) < 4.78 is 1.96. The van der Waals surface area contributed by atoms with Crippen molar-refractivity contribution in [2.75, 3.05) is 6.54 Å². The molecule has 118 valence electrons. The van der Waals surface area contributed by atoms with Crippen molar-refractivity contribution in [1.82, 2.24) is 14.5 Å². The van der Waals surface area contributed by atoms with Crippen LogP contribution in [0.1, 0.15) is 24.1 Å². The lowest BCUT2D eigenvalue weighted by atomic mass is 9.93. The van der Waals surface area contributed by atoms with Crippen molar-refractivity contribution < 1.29 is 5.11 Å². The largest absolute Gasteiger partial charge is 0.391 e. The van der Waals surface area contributed by atoms with Gasteiger partial charge in [-0.3, -0.25) is 4.90 Å². The van der Waals surface area contributed by atoms with Crippen molar-refractivity contribution in [3.63, 3.8) is 0 Å². The smallest absolute Gasteiger partial charge is 0.0947 e. The Bertz CT molecular complexity index is 611. The Morgan fingerprint density at radius 2 is 2.09 bits per heavy atom. The predicted molar refractivity (Wildman–Crippen MR) is 87.8 cm³/mol. The van der Waals surface area contributed by atoms with Crippen LogP contribution < -0.4 is 0 Å². The van der Waals surface area contributed by atoms with Gasteiger partial charge < -0.3 is 9.67 Å². The molecule has 2 atom stereocenters. The first-order valence-electron chi connectivity index (χ1n) is 7.75. The number of aromatic nitrogens is 2. The Hall–Kier alpha value is -1.36. The van der Waals surface area contributed by atoms with E-state index in [4.69, 9.17) is 11.6 Å². The lowest BCUT2D eigenvalue weighted by Gasteiger charge is -2.39. The second-order valence-corrected chi connectivity index (χ2v) is 6.54. The molecule has 3 rings (SSSR count). The normalized spacial score (nSPS) is 22.9. The minimum absolute atomic E-state index is 0.136. The second-order valence-electron chi connectivity index (χ2n) is 6.11. The highest BCUT2D eigenvalue weighted by atomic mass is 35.5. The van der Waals surface area contributed by atoms with Gasteiger partial charge in [0.15, 0.2) is 0 Å². The lowest BCUT2D eigenvalue weighted by molar-refractivity contribution is 0.00619. The molecular weight excluding hydrogens is 298 g/mol. The Balaban J connectivity index is 1.73. The fraction of sp³-hybridized carbons (Fsp3) is 0.471. The molecule has 0 amide bonds. The molecule has 1 aliphatic rings. The van der Waals surface area contributed by atoms with Gasteiger partial charge in [-0.1, -0.05) is 23.7 Å². The summed E-state index contributed by atoms with van der Waals surface area (Å²) in [5.41, 5.74) is 2.26. The van der Waals surface area contributed by atoms with Gasteiger partial charge >= 0.3 is 0 Å². The zero-order chi connectivity index (χ0) is 15.5. The Labute approximate surface area is 136 Å². The Morgan fingerprint density at radius 3 is 2.77 bits per heavy atom. The maximum atomic E-state index is 10.4. The number of benzene rings is 1. The molecule has 1 aromatic carbocycles. The molecule has 5 heteroatoms. The van der Waals surface area contributed by atoms with E-state index in [0.717, 1.165) is 43.1 Å². The molecule has 22 heavy (non-hydrogen) atoms. The van der Waals surface area contributed by atoms with Crippen molar-refractivity contribution in [3.05, 3.63) is 53.1 Å². The summed E-state index contributed by atoms with van der Waals surface area (Å²) in [5, 5.41) is 11.2. The van der Waals surface area contributed by atoms with Crippen molar-refractivity contribution in [2.45, 2.75) is 38.0 Å². The zero-order valence-electron chi connectivity index (χ0n) is 12.8. The molecule has 0 aliphatic carbocycles. The minimum Gasteiger partial charge on any atom is -0.391 e. The minimum atomic E-state index is -0.284. The first-order valence-corrected chi connectivity index (χ1v) is 8.13. The van der Waals surface area contributed by atoms with Crippen LogP contribution in [0.25, 0.3) is 0 Å². The van der Waals surface area contributed by atoms with E-state index in [9.17, 15) is 5.11 Å². The number of aliphatic hydroxyl groups is 1. The van der Waals surface area contributed by atoms with Crippen molar-refractivity contribution >= 4 is 11.6 Å². The first-order chi connectivity index (χ1) is 10.6. The molecule has 1 aromatic heterocycles. The molecule has 1 saturated heterocycles. The molecule has 4 nitrogen and oxygen atoms in total. The van der Waals surface area contributed by atoms with Crippen LogP contribution in [0.5, 0.6) is 0 Å². The number of hydrogen-bond donors (Lipinski definition) is 1. The van der Waals surface area contributed by atoms with E-state index >= 15 is 0 Å². The van der Waals surface area contributed by atoms with Gasteiger partial charge in [-0.15, -0.1) is 0 Å². The number of aryl methyl sites for hydroxylation is 1. The number of likely N-dealkylation sites (tertiary alicyclic amines) is 1. The topological polar surface area (TPSA) is 41.3 Å². The van der Waals surface area contributed by atoms with E-state index in [1.165, 1.54) is 5.56 Å². The molecule has 0 radical (unpaired) electrons. The summed E-state index contributed by atoms with van der Waals surface area (Å²) in [6.45, 7) is 1.79. The van der Waals surface area contributed by atoms with Gasteiger partial charge in [-0.25, -0.2) is 4.98 Å². The highest BCUT2D eigenvalue weighted by Crippen LogP contribution is 2.23. The van der Waals surface area contributed by atoms with Gasteiger partial charge in [0.2, 0.25) is 0 Å². The summed E-state index contributed by atoms with van der Waals surface area (Å²) >= 11 is 5.95. The molecule has 0 saturated carbocycles. The average molecular weight is 320 g/mol. The maximum absolute atomic E-state index is 10.4. The van der Waals surface area contributed by atoms with E-state index in [1.54, 1.807) is 0 Å². The average Bonchev–Trinajstić information content (AvgIpc) is 2.90. The number of nitrogens with zero attached hydrogens (tertiary/aromatic N) is 3. The SMILES string of the molecule is Cn1cnc(CN2CCC[C@H](O)[C@@H]2Cc2ccc(Cl)cc2)c1. The highest BCUT2D eigenvalue weighted by molar-refractivity contribution is 6.30. The van der Waals surface area contributed by atoms with E-state index in [-0.39, 0.29) is 12.1 Å². The third kappa shape index (κ3) is 3.69. The first kappa shape index (κ1) is 15.5. The van der Waals surface area contributed by atoms with Crippen LogP contribution in [-0.4, -0.2) is 38.2 Å². The van der Waals surface area contributed by atoms with E-state index in [2.05, 4.69) is 9.88 Å². The van der Waals surface area contributed by atoms with E-state index in [1.807, 2.05) is 48.4 Å². The quantitative estimate of drug-likeness (QED) is 0.942. The van der Waals surface area contributed by atoms with E-state index < -0.39 is 0 Å². The molecule has 2 heterocycles. The van der Waals surface area contributed by atoms with Gasteiger partial charge in [0.05, 0.1) is 18.1 Å². The molecule has 0 bridgehead atoms. The summed E-state index contributed by atoms with van der Waals surface area (Å²) in [6, 6.07) is 8.05. The standard InChI is InChI=1S/C17H22ClN3O/c1-20-10-15(19-12-20)11-21-8-2-3-17(22)16(21)9-13-4-6-14(18)7-5-13/h4-7,10,12,16-17,22H,2-3,8-9,11H2,1H3/t16-,17-/m0/s1.